The minimum Gasteiger partial charge on any atom is -0.278 e. The number of benzene rings is 1. The Hall–Kier alpha value is -2.76. The summed E-state index contributed by atoms with van der Waals surface area (Å²) in [6.07, 6.45) is 0.560. The largest absolute Gasteiger partial charge is 0.278 e. The number of nitrogens with zero attached hydrogens (tertiary/aromatic N) is 4. The molecule has 0 aliphatic rings. The van der Waals surface area contributed by atoms with Gasteiger partial charge in [-0.2, -0.15) is 5.10 Å². The smallest absolute Gasteiger partial charge is 0.165 e. The maximum Gasteiger partial charge on any atom is 0.165 e. The van der Waals surface area contributed by atoms with E-state index in [-0.39, 0.29) is 0 Å². The van der Waals surface area contributed by atoms with Gasteiger partial charge in [0.2, 0.25) is 0 Å². The van der Waals surface area contributed by atoms with Crippen LogP contribution in [0.5, 0.6) is 0 Å². The Kier molecular flexibility index (Phi) is 2.72. The zero-order valence-corrected chi connectivity index (χ0v) is 12.2. The molecule has 4 aromatic rings. The van der Waals surface area contributed by atoms with Crippen LogP contribution in [0.15, 0.2) is 36.5 Å². The Morgan fingerprint density at radius 2 is 2.05 bits per heavy atom. The lowest BCUT2D eigenvalue weighted by molar-refractivity contribution is 0.354. The summed E-state index contributed by atoms with van der Waals surface area (Å²) in [4.78, 5) is 8.93. The number of halogens is 1. The first-order valence-electron chi connectivity index (χ1n) is 7.07. The van der Waals surface area contributed by atoms with Crippen LogP contribution >= 0.6 is 0 Å². The van der Waals surface area contributed by atoms with Gasteiger partial charge < -0.3 is 0 Å². The van der Waals surface area contributed by atoms with Crippen molar-refractivity contribution in [1.29, 1.82) is 0 Å². The van der Waals surface area contributed by atoms with Gasteiger partial charge in [-0.25, -0.2) is 14.4 Å². The summed E-state index contributed by atoms with van der Waals surface area (Å²) in [5.41, 5.74) is 4.00. The van der Waals surface area contributed by atoms with Crippen LogP contribution in [0.1, 0.15) is 24.6 Å². The molecule has 3 aromatic heterocycles. The molecule has 0 saturated carbocycles. The van der Waals surface area contributed by atoms with Crippen molar-refractivity contribution >= 4 is 22.1 Å². The molecule has 1 aromatic carbocycles. The predicted molar refractivity (Wildman–Crippen MR) is 82.8 cm³/mol. The first kappa shape index (κ1) is 12.9. The molecular formula is C16H14FN5. The highest BCUT2D eigenvalue weighted by molar-refractivity contribution is 5.82. The summed E-state index contributed by atoms with van der Waals surface area (Å²) in [6, 6.07) is 9.54. The van der Waals surface area contributed by atoms with Crippen LogP contribution in [-0.4, -0.2) is 24.7 Å². The summed E-state index contributed by atoms with van der Waals surface area (Å²) >= 11 is 0. The van der Waals surface area contributed by atoms with E-state index in [9.17, 15) is 4.39 Å². The maximum atomic E-state index is 14.0. The van der Waals surface area contributed by atoms with Crippen LogP contribution in [0.4, 0.5) is 4.39 Å². The number of rotatable bonds is 2. The molecule has 1 atom stereocenters. The van der Waals surface area contributed by atoms with Crippen molar-refractivity contribution in [3.8, 4) is 5.69 Å². The van der Waals surface area contributed by atoms with E-state index in [1.54, 1.807) is 10.8 Å². The minimum atomic E-state index is -1.19. The summed E-state index contributed by atoms with van der Waals surface area (Å²) in [7, 11) is 0. The first-order valence-corrected chi connectivity index (χ1v) is 7.07. The predicted octanol–water partition coefficient (Wildman–Crippen LogP) is 3.64. The second kappa shape index (κ2) is 4.62. The van der Waals surface area contributed by atoms with Crippen molar-refractivity contribution < 1.29 is 4.39 Å². The van der Waals surface area contributed by atoms with E-state index in [1.807, 2.05) is 37.3 Å². The van der Waals surface area contributed by atoms with Crippen LogP contribution < -0.4 is 0 Å². The van der Waals surface area contributed by atoms with Crippen molar-refractivity contribution in [3.63, 3.8) is 0 Å². The molecule has 5 nitrogen and oxygen atoms in total. The molecule has 0 fully saturated rings. The average molecular weight is 295 g/mol. The molecular weight excluding hydrogens is 281 g/mol. The first-order chi connectivity index (χ1) is 10.6. The molecule has 0 spiro atoms. The van der Waals surface area contributed by atoms with Crippen LogP contribution in [0.3, 0.4) is 0 Å². The van der Waals surface area contributed by atoms with Crippen molar-refractivity contribution in [1.82, 2.24) is 24.7 Å². The number of aromatic nitrogens is 5. The lowest BCUT2D eigenvalue weighted by Gasteiger charge is -2.09. The number of H-pyrrole nitrogens is 1. The van der Waals surface area contributed by atoms with Crippen LogP contribution in [0.2, 0.25) is 0 Å². The van der Waals surface area contributed by atoms with Gasteiger partial charge in [-0.1, -0.05) is 0 Å². The molecule has 22 heavy (non-hydrogen) atoms. The molecule has 0 aliphatic heterocycles. The number of nitrogens with one attached hydrogen (secondary N) is 1. The molecule has 0 bridgehead atoms. The Morgan fingerprint density at radius 1 is 1.18 bits per heavy atom. The normalized spacial score (nSPS) is 13.0. The highest BCUT2D eigenvalue weighted by Gasteiger charge is 2.18. The SMILES string of the molecule is Cc1ccc2nc(C(C)F)n(-c3ccc4[nH]ncc4c3)c2n1. The number of aromatic amines is 1. The van der Waals surface area contributed by atoms with E-state index in [0.717, 1.165) is 22.3 Å². The lowest BCUT2D eigenvalue weighted by Crippen LogP contribution is -2.03. The molecule has 6 heteroatoms. The fraction of sp³-hybridized carbons (Fsp3) is 0.188. The second-order valence-electron chi connectivity index (χ2n) is 5.36. The average Bonchev–Trinajstić information content (AvgIpc) is 3.09. The van der Waals surface area contributed by atoms with E-state index in [1.165, 1.54) is 6.92 Å². The van der Waals surface area contributed by atoms with Gasteiger partial charge in [0.15, 0.2) is 11.8 Å². The lowest BCUT2D eigenvalue weighted by atomic mass is 10.2. The van der Waals surface area contributed by atoms with Crippen molar-refractivity contribution in [2.45, 2.75) is 20.0 Å². The molecule has 0 radical (unpaired) electrons. The molecule has 4 rings (SSSR count). The quantitative estimate of drug-likeness (QED) is 0.614. The summed E-state index contributed by atoms with van der Waals surface area (Å²) < 4.78 is 15.8. The summed E-state index contributed by atoms with van der Waals surface area (Å²) in [6.45, 7) is 3.40. The van der Waals surface area contributed by atoms with Crippen LogP contribution in [-0.2, 0) is 0 Å². The van der Waals surface area contributed by atoms with Crippen LogP contribution in [0, 0.1) is 6.92 Å². The highest BCUT2D eigenvalue weighted by Crippen LogP contribution is 2.27. The summed E-state index contributed by atoms with van der Waals surface area (Å²) in [5.74, 6) is 0.357. The molecule has 0 amide bonds. The second-order valence-corrected chi connectivity index (χ2v) is 5.36. The number of pyridine rings is 1. The fourth-order valence-electron chi connectivity index (χ4n) is 2.66. The van der Waals surface area contributed by atoms with Gasteiger partial charge in [-0.3, -0.25) is 9.67 Å². The number of fused-ring (bicyclic) bond motifs is 2. The molecule has 3 heterocycles. The highest BCUT2D eigenvalue weighted by atomic mass is 19.1. The standard InChI is InChI=1S/C16H14FN5/c1-9-3-5-14-16(19-9)22(15(20-14)10(2)17)12-4-6-13-11(7-12)8-18-21-13/h3-8,10H,1-2H3,(H,18,21). The number of alkyl halides is 1. The van der Waals surface area contributed by atoms with Gasteiger partial charge >= 0.3 is 0 Å². The van der Waals surface area contributed by atoms with Gasteiger partial charge in [0.25, 0.3) is 0 Å². The van der Waals surface area contributed by atoms with Gasteiger partial charge in [0.05, 0.1) is 11.7 Å². The Morgan fingerprint density at radius 3 is 2.86 bits per heavy atom. The zero-order valence-electron chi connectivity index (χ0n) is 12.2. The van der Waals surface area contributed by atoms with Gasteiger partial charge in [-0.15, -0.1) is 0 Å². The number of aryl methyl sites for hydroxylation is 1. The number of hydrogen-bond donors (Lipinski definition) is 1. The fourth-order valence-corrected chi connectivity index (χ4v) is 2.66. The van der Waals surface area contributed by atoms with E-state index in [2.05, 4.69) is 20.2 Å². The monoisotopic (exact) mass is 295 g/mol. The third kappa shape index (κ3) is 1.88. The topological polar surface area (TPSA) is 59.4 Å². The maximum absolute atomic E-state index is 14.0. The van der Waals surface area contributed by atoms with Gasteiger partial charge in [-0.05, 0) is 44.2 Å². The van der Waals surface area contributed by atoms with E-state index < -0.39 is 6.17 Å². The van der Waals surface area contributed by atoms with Crippen LogP contribution in [0.25, 0.3) is 27.8 Å². The number of imidazole rings is 1. The minimum absolute atomic E-state index is 0.357. The third-order valence-corrected chi connectivity index (χ3v) is 3.71. The van der Waals surface area contributed by atoms with E-state index in [0.29, 0.717) is 17.0 Å². The van der Waals surface area contributed by atoms with Crippen molar-refractivity contribution in [3.05, 3.63) is 48.0 Å². The van der Waals surface area contributed by atoms with Gasteiger partial charge in [0, 0.05) is 16.8 Å². The molecule has 1 N–H and O–H groups in total. The summed E-state index contributed by atoms with van der Waals surface area (Å²) in [5, 5.41) is 7.89. The molecule has 1 unspecified atom stereocenters. The van der Waals surface area contributed by atoms with Crippen molar-refractivity contribution in [2.75, 3.05) is 0 Å². The molecule has 0 saturated heterocycles. The Bertz CT molecular complexity index is 983. The number of hydrogen-bond acceptors (Lipinski definition) is 3. The van der Waals surface area contributed by atoms with E-state index in [4.69, 9.17) is 0 Å². The van der Waals surface area contributed by atoms with Crippen molar-refractivity contribution in [2.24, 2.45) is 0 Å². The van der Waals surface area contributed by atoms with Gasteiger partial charge in [0.1, 0.15) is 11.3 Å². The Labute approximate surface area is 125 Å². The van der Waals surface area contributed by atoms with E-state index >= 15 is 0 Å². The zero-order chi connectivity index (χ0) is 15.3. The Balaban J connectivity index is 2.06. The third-order valence-electron chi connectivity index (χ3n) is 3.71. The molecule has 0 aliphatic carbocycles. The molecule has 110 valence electrons.